The zero-order valence-corrected chi connectivity index (χ0v) is 20.7. The van der Waals surface area contributed by atoms with Gasteiger partial charge in [-0.3, -0.25) is 14.4 Å². The normalized spacial score (nSPS) is 18.7. The quantitative estimate of drug-likeness (QED) is 0.316. The van der Waals surface area contributed by atoms with Gasteiger partial charge in [0.15, 0.2) is 0 Å². The molecule has 9 nitrogen and oxygen atoms in total. The number of hydrogen-bond acceptors (Lipinski definition) is 5. The summed E-state index contributed by atoms with van der Waals surface area (Å²) >= 11 is 0. The number of rotatable bonds is 5. The van der Waals surface area contributed by atoms with Crippen molar-refractivity contribution < 1.29 is 27.6 Å². The molecule has 5 rings (SSSR count). The first-order chi connectivity index (χ1) is 18.6. The molecule has 5 N–H and O–H groups in total. The fourth-order valence-corrected chi connectivity index (χ4v) is 5.02. The highest BCUT2D eigenvalue weighted by atomic mass is 19.4. The van der Waals surface area contributed by atoms with Gasteiger partial charge in [-0.05, 0) is 61.9 Å². The van der Waals surface area contributed by atoms with Crippen LogP contribution in [-0.4, -0.2) is 47.3 Å². The van der Waals surface area contributed by atoms with E-state index in [9.17, 15) is 27.6 Å². The number of hydrogen-bond donors (Lipinski definition) is 5. The minimum atomic E-state index is -4.74. The molecule has 0 bridgehead atoms. The first-order valence-electron chi connectivity index (χ1n) is 12.2. The second-order valence-corrected chi connectivity index (χ2v) is 9.59. The third kappa shape index (κ3) is 5.28. The van der Waals surface area contributed by atoms with Gasteiger partial charge in [0.2, 0.25) is 5.91 Å². The van der Waals surface area contributed by atoms with Gasteiger partial charge in [0.05, 0.1) is 11.1 Å². The molecule has 1 spiro atoms. The molecule has 1 aromatic carbocycles. The Balaban J connectivity index is 1.43. The fraction of sp³-hybridized carbons (Fsp3) is 0.259. The Kier molecular flexibility index (Phi) is 6.73. The Morgan fingerprint density at radius 2 is 1.92 bits per heavy atom. The molecule has 1 atom stereocenters. The molecule has 2 aliphatic heterocycles. The van der Waals surface area contributed by atoms with Gasteiger partial charge in [-0.2, -0.15) is 13.2 Å². The van der Waals surface area contributed by atoms with Gasteiger partial charge in [-0.25, -0.2) is 4.98 Å². The summed E-state index contributed by atoms with van der Waals surface area (Å²) in [4.78, 5) is 44.7. The Hall–Kier alpha value is -4.45. The van der Waals surface area contributed by atoms with Crippen molar-refractivity contribution in [2.45, 2.75) is 24.4 Å². The zero-order valence-electron chi connectivity index (χ0n) is 20.7. The van der Waals surface area contributed by atoms with E-state index in [1.165, 1.54) is 6.20 Å². The van der Waals surface area contributed by atoms with E-state index in [1.54, 1.807) is 18.2 Å². The number of pyridine rings is 1. The van der Waals surface area contributed by atoms with Crippen molar-refractivity contribution in [3.8, 4) is 11.3 Å². The SMILES string of the molecule is C=CC(=O)Nc1cc(C(=O)Nc2cc(-c3cc4c([nH]3)C3(CCCNC3)CNC4=O)ccn2)cc(C(F)(F)F)c1. The van der Waals surface area contributed by atoms with Crippen molar-refractivity contribution in [3.63, 3.8) is 0 Å². The highest BCUT2D eigenvalue weighted by molar-refractivity contribution is 6.06. The number of halogens is 3. The van der Waals surface area contributed by atoms with Crippen LogP contribution in [-0.2, 0) is 16.4 Å². The van der Waals surface area contributed by atoms with Gasteiger partial charge < -0.3 is 26.3 Å². The van der Waals surface area contributed by atoms with E-state index in [2.05, 4.69) is 37.8 Å². The van der Waals surface area contributed by atoms with Crippen molar-refractivity contribution in [2.75, 3.05) is 30.3 Å². The molecule has 4 heterocycles. The van der Waals surface area contributed by atoms with Crippen LogP contribution in [0.25, 0.3) is 11.3 Å². The molecule has 39 heavy (non-hydrogen) atoms. The maximum atomic E-state index is 13.4. The number of carbonyl (C=O) groups excluding carboxylic acids is 3. The van der Waals surface area contributed by atoms with E-state index in [0.29, 0.717) is 29.4 Å². The molecule has 1 unspecified atom stereocenters. The Morgan fingerprint density at radius 1 is 1.10 bits per heavy atom. The number of carbonyl (C=O) groups is 3. The molecule has 0 radical (unpaired) electrons. The summed E-state index contributed by atoms with van der Waals surface area (Å²) in [5.41, 5.74) is 0.814. The van der Waals surface area contributed by atoms with Crippen LogP contribution in [0.3, 0.4) is 0 Å². The molecule has 12 heteroatoms. The first kappa shape index (κ1) is 26.2. The number of anilines is 2. The number of aromatic nitrogens is 2. The predicted octanol–water partition coefficient (Wildman–Crippen LogP) is 3.84. The maximum Gasteiger partial charge on any atom is 0.416 e. The van der Waals surface area contributed by atoms with E-state index < -0.39 is 23.6 Å². The average molecular weight is 539 g/mol. The molecule has 3 aromatic rings. The summed E-state index contributed by atoms with van der Waals surface area (Å²) in [6.45, 7) is 5.44. The molecular weight excluding hydrogens is 513 g/mol. The minimum absolute atomic E-state index is 0.0951. The van der Waals surface area contributed by atoms with Crippen molar-refractivity contribution in [2.24, 2.45) is 0 Å². The fourth-order valence-electron chi connectivity index (χ4n) is 5.02. The second kappa shape index (κ2) is 10.0. The predicted molar refractivity (Wildman–Crippen MR) is 138 cm³/mol. The summed E-state index contributed by atoms with van der Waals surface area (Å²) in [6, 6.07) is 7.57. The standard InChI is InChI=1S/C27H25F3N6O3/c1-2-22(37)34-18-9-16(8-17(11-18)27(28,29)30)24(38)36-21-10-15(4-7-32-21)20-12-19-23(35-20)26(14-33-25(19)39)5-3-6-31-13-26/h2,4,7-12,31,35H,1,3,5-6,13-14H2,(H,33,39)(H,34,37)(H,32,36,38). The monoisotopic (exact) mass is 538 g/mol. The maximum absolute atomic E-state index is 13.4. The number of fused-ring (bicyclic) bond motifs is 2. The molecule has 0 aliphatic carbocycles. The molecular formula is C27H25F3N6O3. The van der Waals surface area contributed by atoms with Crippen molar-refractivity contribution in [3.05, 3.63) is 77.6 Å². The van der Waals surface area contributed by atoms with Gasteiger partial charge in [-0.15, -0.1) is 0 Å². The van der Waals surface area contributed by atoms with Gasteiger partial charge in [0.25, 0.3) is 11.8 Å². The third-order valence-electron chi connectivity index (χ3n) is 6.94. The summed E-state index contributed by atoms with van der Waals surface area (Å²) in [5, 5.41) is 11.1. The number of alkyl halides is 3. The topological polar surface area (TPSA) is 128 Å². The van der Waals surface area contributed by atoms with Gasteiger partial charge in [-0.1, -0.05) is 6.58 Å². The number of piperidine rings is 1. The number of benzene rings is 1. The Labute approximate surface area is 221 Å². The van der Waals surface area contributed by atoms with Crippen LogP contribution < -0.4 is 21.3 Å². The molecule has 2 aliphatic rings. The van der Waals surface area contributed by atoms with E-state index in [4.69, 9.17) is 0 Å². The lowest BCUT2D eigenvalue weighted by Gasteiger charge is -2.40. The van der Waals surface area contributed by atoms with Crippen LogP contribution >= 0.6 is 0 Å². The number of amides is 3. The largest absolute Gasteiger partial charge is 0.416 e. The van der Waals surface area contributed by atoms with Crippen molar-refractivity contribution >= 4 is 29.2 Å². The number of nitrogens with zero attached hydrogens (tertiary/aromatic N) is 1. The lowest BCUT2D eigenvalue weighted by molar-refractivity contribution is -0.137. The van der Waals surface area contributed by atoms with Crippen LogP contribution in [0.15, 0.2) is 55.3 Å². The van der Waals surface area contributed by atoms with Gasteiger partial charge in [0.1, 0.15) is 5.82 Å². The summed E-state index contributed by atoms with van der Waals surface area (Å²) in [6.07, 6.45) is -0.498. The highest BCUT2D eigenvalue weighted by Crippen LogP contribution is 2.38. The molecule has 1 saturated heterocycles. The first-order valence-corrected chi connectivity index (χ1v) is 12.2. The number of nitrogens with one attached hydrogen (secondary N) is 5. The minimum Gasteiger partial charge on any atom is -0.357 e. The van der Waals surface area contributed by atoms with Crippen LogP contribution in [0.5, 0.6) is 0 Å². The Bertz CT molecular complexity index is 1470. The summed E-state index contributed by atoms with van der Waals surface area (Å²) in [5.74, 6) is -1.65. The zero-order chi connectivity index (χ0) is 27.8. The van der Waals surface area contributed by atoms with E-state index in [-0.39, 0.29) is 28.4 Å². The molecule has 2 aromatic heterocycles. The van der Waals surface area contributed by atoms with Crippen LogP contribution in [0.4, 0.5) is 24.7 Å². The van der Waals surface area contributed by atoms with E-state index >= 15 is 0 Å². The van der Waals surface area contributed by atoms with Gasteiger partial charge >= 0.3 is 6.18 Å². The van der Waals surface area contributed by atoms with E-state index in [0.717, 1.165) is 49.8 Å². The van der Waals surface area contributed by atoms with Crippen molar-refractivity contribution in [1.29, 1.82) is 0 Å². The number of H-pyrrole nitrogens is 1. The molecule has 202 valence electrons. The number of aromatic amines is 1. The smallest absolute Gasteiger partial charge is 0.357 e. The van der Waals surface area contributed by atoms with Gasteiger partial charge in [0, 0.05) is 52.9 Å². The molecule has 3 amide bonds. The summed E-state index contributed by atoms with van der Waals surface area (Å²) < 4.78 is 40.3. The third-order valence-corrected chi connectivity index (χ3v) is 6.94. The Morgan fingerprint density at radius 3 is 2.64 bits per heavy atom. The average Bonchev–Trinajstić information content (AvgIpc) is 3.39. The van der Waals surface area contributed by atoms with Crippen molar-refractivity contribution in [1.82, 2.24) is 20.6 Å². The molecule has 1 fully saturated rings. The highest BCUT2D eigenvalue weighted by Gasteiger charge is 2.42. The lowest BCUT2D eigenvalue weighted by atomic mass is 9.74. The van der Waals surface area contributed by atoms with E-state index in [1.807, 2.05) is 0 Å². The summed E-state index contributed by atoms with van der Waals surface area (Å²) in [7, 11) is 0. The van der Waals surface area contributed by atoms with Crippen LogP contribution in [0.2, 0.25) is 0 Å². The van der Waals surface area contributed by atoms with Crippen LogP contribution in [0, 0.1) is 0 Å². The molecule has 0 saturated carbocycles. The second-order valence-electron chi connectivity index (χ2n) is 9.59. The van der Waals surface area contributed by atoms with Crippen LogP contribution in [0.1, 0.15) is 44.8 Å². The lowest BCUT2D eigenvalue weighted by Crippen LogP contribution is -2.54.